The molecule has 4 aromatic rings. The Bertz CT molecular complexity index is 1670. The second-order valence-electron chi connectivity index (χ2n) is 9.68. The van der Waals surface area contributed by atoms with Crippen LogP contribution in [0, 0.1) is 6.92 Å². The molecule has 0 aliphatic heterocycles. The molecule has 2 heterocycles. The van der Waals surface area contributed by atoms with Crippen LogP contribution in [0.4, 0.5) is 18.9 Å². The summed E-state index contributed by atoms with van der Waals surface area (Å²) < 4.78 is 76.2. The Labute approximate surface area is 233 Å². The summed E-state index contributed by atoms with van der Waals surface area (Å²) in [5.74, 6) is 1.89. The highest BCUT2D eigenvalue weighted by molar-refractivity contribution is 9.10. The molecule has 1 fully saturated rings. The van der Waals surface area contributed by atoms with Crippen molar-refractivity contribution in [3.05, 3.63) is 82.4 Å². The lowest BCUT2D eigenvalue weighted by atomic mass is 10.1. The molecule has 0 bridgehead atoms. The van der Waals surface area contributed by atoms with E-state index in [1.165, 1.54) is 36.4 Å². The predicted octanol–water partition coefficient (Wildman–Crippen LogP) is 7.71. The zero-order valence-corrected chi connectivity index (χ0v) is 23.8. The minimum Gasteiger partial charge on any atom is -0.455 e. The standard InChI is InChI=1S/C28H27BrF3N3O3S/c1-4-23(28(30,31)32)39(36,37)34-21-9-7-6-8-19(21)27-25(29)20-14-17(10-13-22(20)38-27)15-35-16(3)26(18-11-12-18)33-24(35)5-2/h4,6-10,13-14,18,23,34H,1,5,11-12,15H2,2-3H3. The molecule has 0 radical (unpaired) electrons. The van der Waals surface area contributed by atoms with E-state index in [0.717, 1.165) is 23.2 Å². The molecule has 39 heavy (non-hydrogen) atoms. The molecule has 1 unspecified atom stereocenters. The molecule has 1 saturated carbocycles. The minimum atomic E-state index is -5.01. The number of anilines is 1. The number of nitrogens with one attached hydrogen (secondary N) is 1. The van der Waals surface area contributed by atoms with Crippen LogP contribution in [0.1, 0.15) is 48.5 Å². The number of hydrogen-bond acceptors (Lipinski definition) is 4. The van der Waals surface area contributed by atoms with E-state index < -0.39 is 21.4 Å². The van der Waals surface area contributed by atoms with Crippen LogP contribution in [0.25, 0.3) is 22.3 Å². The van der Waals surface area contributed by atoms with Crippen LogP contribution in [-0.4, -0.2) is 29.4 Å². The van der Waals surface area contributed by atoms with Gasteiger partial charge in [0.2, 0.25) is 10.0 Å². The Morgan fingerprint density at radius 1 is 1.26 bits per heavy atom. The highest BCUT2D eigenvalue weighted by Crippen LogP contribution is 2.43. The van der Waals surface area contributed by atoms with Gasteiger partial charge in [-0.2, -0.15) is 13.2 Å². The van der Waals surface area contributed by atoms with Crippen LogP contribution in [0.5, 0.6) is 0 Å². The van der Waals surface area contributed by atoms with Gasteiger partial charge in [-0.25, -0.2) is 13.4 Å². The van der Waals surface area contributed by atoms with E-state index in [0.29, 0.717) is 39.9 Å². The van der Waals surface area contributed by atoms with Crippen LogP contribution in [-0.2, 0) is 23.0 Å². The molecule has 1 aliphatic rings. The van der Waals surface area contributed by atoms with Crippen LogP contribution in [0.15, 0.2) is 64.0 Å². The van der Waals surface area contributed by atoms with E-state index in [4.69, 9.17) is 9.40 Å². The molecule has 2 aromatic heterocycles. The summed E-state index contributed by atoms with van der Waals surface area (Å²) in [5, 5.41) is -2.00. The highest BCUT2D eigenvalue weighted by Gasteiger charge is 2.47. The number of sulfonamides is 1. The maximum atomic E-state index is 13.3. The van der Waals surface area contributed by atoms with Gasteiger partial charge in [-0.1, -0.05) is 31.2 Å². The predicted molar refractivity (Wildman–Crippen MR) is 149 cm³/mol. The van der Waals surface area contributed by atoms with E-state index >= 15 is 0 Å². The molecule has 2 aromatic carbocycles. The minimum absolute atomic E-state index is 0.0391. The van der Waals surface area contributed by atoms with Gasteiger partial charge in [0.25, 0.3) is 0 Å². The van der Waals surface area contributed by atoms with E-state index in [9.17, 15) is 21.6 Å². The van der Waals surface area contributed by atoms with Crippen molar-refractivity contribution in [2.45, 2.75) is 57.0 Å². The largest absolute Gasteiger partial charge is 0.455 e. The van der Waals surface area contributed by atoms with E-state index in [-0.39, 0.29) is 5.69 Å². The number of halogens is 4. The molecule has 1 N–H and O–H groups in total. The van der Waals surface area contributed by atoms with E-state index in [1.54, 1.807) is 12.1 Å². The van der Waals surface area contributed by atoms with Crippen molar-refractivity contribution in [1.82, 2.24) is 9.55 Å². The SMILES string of the molecule is C=CC(C(F)(F)F)S(=O)(=O)Nc1ccccc1-c1oc2ccc(Cn3c(CC)nc(C4CC4)c3C)cc2c1Br. The van der Waals surface area contributed by atoms with Crippen LogP contribution >= 0.6 is 15.9 Å². The Balaban J connectivity index is 1.50. The zero-order chi connectivity index (χ0) is 28.1. The molecular formula is C28H27BrF3N3O3S. The second-order valence-corrected chi connectivity index (χ2v) is 12.3. The Morgan fingerprint density at radius 3 is 2.62 bits per heavy atom. The normalized spacial score (nSPS) is 15.0. The van der Waals surface area contributed by atoms with Gasteiger partial charge in [0.15, 0.2) is 11.0 Å². The first kappa shape index (κ1) is 27.5. The maximum absolute atomic E-state index is 13.3. The van der Waals surface area contributed by atoms with Crippen molar-refractivity contribution in [3.8, 4) is 11.3 Å². The third-order valence-corrected chi connectivity index (χ3v) is 9.36. The number of alkyl halides is 3. The van der Waals surface area contributed by atoms with Gasteiger partial charge < -0.3 is 8.98 Å². The van der Waals surface area contributed by atoms with Gasteiger partial charge >= 0.3 is 6.18 Å². The Hall–Kier alpha value is -3.05. The summed E-state index contributed by atoms with van der Waals surface area (Å²) in [6.45, 7) is 7.89. The lowest BCUT2D eigenvalue weighted by Gasteiger charge is -2.19. The summed E-state index contributed by atoms with van der Waals surface area (Å²) >= 11 is 3.58. The van der Waals surface area contributed by atoms with Gasteiger partial charge in [-0.15, -0.1) is 6.58 Å². The molecule has 1 aliphatic carbocycles. The maximum Gasteiger partial charge on any atom is 0.410 e. The lowest BCUT2D eigenvalue weighted by Crippen LogP contribution is -2.38. The summed E-state index contributed by atoms with van der Waals surface area (Å²) in [4.78, 5) is 4.89. The van der Waals surface area contributed by atoms with Gasteiger partial charge in [-0.05, 0) is 65.5 Å². The fraction of sp³-hybridized carbons (Fsp3) is 0.321. The van der Waals surface area contributed by atoms with Gasteiger partial charge in [0.1, 0.15) is 11.4 Å². The average Bonchev–Trinajstić information content (AvgIpc) is 3.60. The Kier molecular flexibility index (Phi) is 7.17. The number of rotatable bonds is 9. The van der Waals surface area contributed by atoms with Gasteiger partial charge in [0, 0.05) is 35.5 Å². The van der Waals surface area contributed by atoms with E-state index in [1.807, 2.05) is 18.2 Å². The molecule has 0 spiro atoms. The quantitative estimate of drug-likeness (QED) is 0.194. The number of benzene rings is 2. The molecule has 206 valence electrons. The first-order valence-corrected chi connectivity index (χ1v) is 14.9. The van der Waals surface area contributed by atoms with Gasteiger partial charge in [-0.3, -0.25) is 4.72 Å². The third-order valence-electron chi connectivity index (χ3n) is 6.94. The molecule has 5 rings (SSSR count). The van der Waals surface area contributed by atoms with Crippen LogP contribution in [0.3, 0.4) is 0 Å². The van der Waals surface area contributed by atoms with Crippen molar-refractivity contribution in [2.75, 3.05) is 4.72 Å². The summed E-state index contributed by atoms with van der Waals surface area (Å²) in [5.41, 5.74) is 4.20. The number of hydrogen-bond donors (Lipinski definition) is 1. The highest BCUT2D eigenvalue weighted by atomic mass is 79.9. The number of nitrogens with zero attached hydrogens (tertiary/aromatic N) is 2. The van der Waals surface area contributed by atoms with Crippen LogP contribution < -0.4 is 4.72 Å². The average molecular weight is 623 g/mol. The van der Waals surface area contributed by atoms with Crippen molar-refractivity contribution in [2.24, 2.45) is 0 Å². The number of imidazole rings is 1. The number of fused-ring (bicyclic) bond motifs is 1. The summed E-state index contributed by atoms with van der Waals surface area (Å²) in [6.07, 6.45) is -1.46. The molecule has 0 saturated heterocycles. The fourth-order valence-electron chi connectivity index (χ4n) is 4.83. The lowest BCUT2D eigenvalue weighted by molar-refractivity contribution is -0.121. The number of furan rings is 1. The van der Waals surface area contributed by atoms with Crippen molar-refractivity contribution in [1.29, 1.82) is 0 Å². The third kappa shape index (κ3) is 5.26. The fourth-order valence-corrected chi connectivity index (χ4v) is 6.65. The molecule has 0 amide bonds. The zero-order valence-electron chi connectivity index (χ0n) is 21.3. The van der Waals surface area contributed by atoms with Crippen molar-refractivity contribution in [3.63, 3.8) is 0 Å². The first-order valence-electron chi connectivity index (χ1n) is 12.5. The number of aryl methyl sites for hydroxylation is 1. The van der Waals surface area contributed by atoms with Crippen LogP contribution in [0.2, 0.25) is 0 Å². The van der Waals surface area contributed by atoms with Crippen molar-refractivity contribution >= 4 is 42.6 Å². The molecule has 11 heteroatoms. The molecule has 6 nitrogen and oxygen atoms in total. The first-order chi connectivity index (χ1) is 18.4. The number of para-hydroxylation sites is 1. The van der Waals surface area contributed by atoms with Gasteiger partial charge in [0.05, 0.1) is 15.9 Å². The summed E-state index contributed by atoms with van der Waals surface area (Å²) in [7, 11) is -4.87. The van der Waals surface area contributed by atoms with Crippen molar-refractivity contribution < 1.29 is 26.0 Å². The monoisotopic (exact) mass is 621 g/mol. The molecule has 1 atom stereocenters. The number of aromatic nitrogens is 2. The molecular weight excluding hydrogens is 595 g/mol. The Morgan fingerprint density at radius 2 is 1.97 bits per heavy atom. The summed E-state index contributed by atoms with van der Waals surface area (Å²) in [6, 6.07) is 11.9. The van der Waals surface area contributed by atoms with E-state index in [2.05, 4.69) is 45.6 Å². The smallest absolute Gasteiger partial charge is 0.410 e. The topological polar surface area (TPSA) is 77.1 Å². The second kappa shape index (κ2) is 10.2.